The van der Waals surface area contributed by atoms with Crippen LogP contribution in [0.25, 0.3) is 0 Å². The Balaban J connectivity index is 2.23. The van der Waals surface area contributed by atoms with Gasteiger partial charge in [-0.1, -0.05) is 0 Å². The topological polar surface area (TPSA) is 59.6 Å². The van der Waals surface area contributed by atoms with Crippen LogP contribution >= 0.6 is 0 Å². The van der Waals surface area contributed by atoms with Crippen LogP contribution in [0.2, 0.25) is 0 Å². The van der Waals surface area contributed by atoms with Gasteiger partial charge in [-0.25, -0.2) is 4.79 Å². The first kappa shape index (κ1) is 17.2. The molecule has 0 aromatic rings. The third-order valence-electron chi connectivity index (χ3n) is 3.38. The zero-order valence-electron chi connectivity index (χ0n) is 13.5. The molecule has 5 heteroatoms. The molecule has 2 N–H and O–H groups in total. The van der Waals surface area contributed by atoms with Gasteiger partial charge in [0.05, 0.1) is 6.61 Å². The predicted octanol–water partition coefficient (Wildman–Crippen LogP) is 2.45. The molecule has 1 aliphatic carbocycles. The van der Waals surface area contributed by atoms with E-state index in [0.29, 0.717) is 12.1 Å². The van der Waals surface area contributed by atoms with E-state index in [1.54, 1.807) is 7.11 Å². The highest BCUT2D eigenvalue weighted by atomic mass is 16.6. The van der Waals surface area contributed by atoms with E-state index in [1.807, 2.05) is 20.8 Å². The van der Waals surface area contributed by atoms with Gasteiger partial charge in [-0.2, -0.15) is 0 Å². The van der Waals surface area contributed by atoms with E-state index in [4.69, 9.17) is 9.47 Å². The average Bonchev–Trinajstić information content (AvgIpc) is 2.29. The molecule has 1 rings (SSSR count). The largest absolute Gasteiger partial charge is 0.444 e. The third-order valence-corrected chi connectivity index (χ3v) is 3.38. The molecule has 118 valence electrons. The number of rotatable bonds is 5. The van der Waals surface area contributed by atoms with Crippen LogP contribution in [-0.4, -0.2) is 43.5 Å². The molecule has 1 fully saturated rings. The Hall–Kier alpha value is -0.810. The number of ether oxygens (including phenoxy) is 2. The summed E-state index contributed by atoms with van der Waals surface area (Å²) in [4.78, 5) is 11.7. The minimum Gasteiger partial charge on any atom is -0.444 e. The standard InChI is InChI=1S/C15H30N2O3/c1-11(10-19-5)16-12-6-8-13(9-7-12)17-14(18)20-15(2,3)4/h11-13,16H,6-10H2,1-5H3,(H,17,18). The maximum absolute atomic E-state index is 11.7. The summed E-state index contributed by atoms with van der Waals surface area (Å²) in [5.41, 5.74) is -0.432. The molecule has 0 radical (unpaired) electrons. The van der Waals surface area contributed by atoms with E-state index in [0.717, 1.165) is 32.3 Å². The normalized spacial score (nSPS) is 25.1. The average molecular weight is 286 g/mol. The van der Waals surface area contributed by atoms with Crippen molar-refractivity contribution in [2.24, 2.45) is 0 Å². The first-order chi connectivity index (χ1) is 9.30. The van der Waals surface area contributed by atoms with Gasteiger partial charge >= 0.3 is 6.09 Å². The Morgan fingerprint density at radius 1 is 1.20 bits per heavy atom. The molecule has 0 aromatic heterocycles. The second-order valence-corrected chi connectivity index (χ2v) is 6.72. The van der Waals surface area contributed by atoms with Crippen LogP contribution in [0.15, 0.2) is 0 Å². The molecule has 1 saturated carbocycles. The summed E-state index contributed by atoms with van der Waals surface area (Å²) in [6.07, 6.45) is 3.85. The fourth-order valence-electron chi connectivity index (χ4n) is 2.58. The summed E-state index contributed by atoms with van der Waals surface area (Å²) in [5, 5.41) is 6.52. The fourth-order valence-corrected chi connectivity index (χ4v) is 2.58. The summed E-state index contributed by atoms with van der Waals surface area (Å²) in [6, 6.07) is 1.14. The van der Waals surface area contributed by atoms with E-state index in [-0.39, 0.29) is 12.1 Å². The van der Waals surface area contributed by atoms with Crippen LogP contribution in [0.4, 0.5) is 4.79 Å². The second kappa shape index (κ2) is 7.84. The van der Waals surface area contributed by atoms with Gasteiger partial charge < -0.3 is 20.1 Å². The molecule has 1 atom stereocenters. The SMILES string of the molecule is COCC(C)NC1CCC(NC(=O)OC(C)(C)C)CC1. The number of nitrogens with one attached hydrogen (secondary N) is 2. The van der Waals surface area contributed by atoms with Crippen LogP contribution in [0.1, 0.15) is 53.4 Å². The van der Waals surface area contributed by atoms with E-state index in [1.165, 1.54) is 0 Å². The zero-order valence-corrected chi connectivity index (χ0v) is 13.5. The van der Waals surface area contributed by atoms with Gasteiger partial charge in [0.25, 0.3) is 0 Å². The van der Waals surface area contributed by atoms with Gasteiger partial charge in [-0.3, -0.25) is 0 Å². The van der Waals surface area contributed by atoms with E-state index < -0.39 is 5.60 Å². The number of methoxy groups -OCH3 is 1. The van der Waals surface area contributed by atoms with E-state index in [2.05, 4.69) is 17.6 Å². The Morgan fingerprint density at radius 3 is 2.25 bits per heavy atom. The molecule has 0 saturated heterocycles. The van der Waals surface area contributed by atoms with Gasteiger partial charge in [-0.15, -0.1) is 0 Å². The number of hydrogen-bond donors (Lipinski definition) is 2. The van der Waals surface area contributed by atoms with Crippen LogP contribution < -0.4 is 10.6 Å². The summed E-state index contributed by atoms with van der Waals surface area (Å²) in [7, 11) is 1.72. The van der Waals surface area contributed by atoms with Crippen molar-refractivity contribution in [3.8, 4) is 0 Å². The Morgan fingerprint density at radius 2 is 1.75 bits per heavy atom. The Kier molecular flexibility index (Phi) is 6.76. The molecule has 20 heavy (non-hydrogen) atoms. The van der Waals surface area contributed by atoms with Crippen molar-refractivity contribution >= 4 is 6.09 Å². The molecule has 0 heterocycles. The Bertz CT molecular complexity index is 294. The molecule has 0 aliphatic heterocycles. The third kappa shape index (κ3) is 7.10. The van der Waals surface area contributed by atoms with Gasteiger partial charge in [0, 0.05) is 25.2 Å². The maximum Gasteiger partial charge on any atom is 0.407 e. The van der Waals surface area contributed by atoms with Crippen LogP contribution in [0.3, 0.4) is 0 Å². The molecule has 1 unspecified atom stereocenters. The zero-order chi connectivity index (χ0) is 15.2. The minimum atomic E-state index is -0.432. The van der Waals surface area contributed by atoms with Crippen molar-refractivity contribution in [2.45, 2.75) is 77.1 Å². The first-order valence-electron chi connectivity index (χ1n) is 7.54. The second-order valence-electron chi connectivity index (χ2n) is 6.72. The van der Waals surface area contributed by atoms with Gasteiger partial charge in [0.1, 0.15) is 5.60 Å². The lowest BCUT2D eigenvalue weighted by molar-refractivity contribution is 0.0488. The molecule has 0 bridgehead atoms. The highest BCUT2D eigenvalue weighted by Crippen LogP contribution is 2.19. The minimum absolute atomic E-state index is 0.237. The number of carbonyl (C=O) groups is 1. The first-order valence-corrected chi connectivity index (χ1v) is 7.54. The summed E-state index contributed by atoms with van der Waals surface area (Å²) in [5.74, 6) is 0. The van der Waals surface area contributed by atoms with E-state index in [9.17, 15) is 4.79 Å². The van der Waals surface area contributed by atoms with Crippen molar-refractivity contribution < 1.29 is 14.3 Å². The summed E-state index contributed by atoms with van der Waals surface area (Å²) < 4.78 is 10.4. The smallest absolute Gasteiger partial charge is 0.407 e. The van der Waals surface area contributed by atoms with Crippen LogP contribution in [0.5, 0.6) is 0 Å². The highest BCUT2D eigenvalue weighted by Gasteiger charge is 2.25. The van der Waals surface area contributed by atoms with E-state index >= 15 is 0 Å². The van der Waals surface area contributed by atoms with Crippen molar-refractivity contribution in [1.82, 2.24) is 10.6 Å². The quantitative estimate of drug-likeness (QED) is 0.815. The van der Waals surface area contributed by atoms with Crippen molar-refractivity contribution in [2.75, 3.05) is 13.7 Å². The molecule has 1 aliphatic rings. The Labute approximate surface area is 122 Å². The summed E-state index contributed by atoms with van der Waals surface area (Å²) in [6.45, 7) is 8.50. The number of amides is 1. The maximum atomic E-state index is 11.7. The number of hydrogen-bond acceptors (Lipinski definition) is 4. The lowest BCUT2D eigenvalue weighted by atomic mass is 9.91. The van der Waals surface area contributed by atoms with Crippen molar-refractivity contribution in [3.63, 3.8) is 0 Å². The fraction of sp³-hybridized carbons (Fsp3) is 0.933. The lowest BCUT2D eigenvalue weighted by Gasteiger charge is -2.32. The van der Waals surface area contributed by atoms with Crippen molar-refractivity contribution in [1.29, 1.82) is 0 Å². The lowest BCUT2D eigenvalue weighted by Crippen LogP contribution is -2.46. The van der Waals surface area contributed by atoms with Gasteiger partial charge in [-0.05, 0) is 53.4 Å². The van der Waals surface area contributed by atoms with Crippen LogP contribution in [-0.2, 0) is 9.47 Å². The van der Waals surface area contributed by atoms with Gasteiger partial charge in [0.2, 0.25) is 0 Å². The highest BCUT2D eigenvalue weighted by molar-refractivity contribution is 5.68. The molecular formula is C15H30N2O3. The predicted molar refractivity (Wildman–Crippen MR) is 79.9 cm³/mol. The molecule has 5 nitrogen and oxygen atoms in total. The molecular weight excluding hydrogens is 256 g/mol. The monoisotopic (exact) mass is 286 g/mol. The molecule has 1 amide bonds. The number of carbonyl (C=O) groups excluding carboxylic acids is 1. The van der Waals surface area contributed by atoms with Crippen molar-refractivity contribution in [3.05, 3.63) is 0 Å². The van der Waals surface area contributed by atoms with Gasteiger partial charge in [0.15, 0.2) is 0 Å². The number of alkyl carbamates (subject to hydrolysis) is 1. The summed E-state index contributed by atoms with van der Waals surface area (Å²) >= 11 is 0. The molecule has 0 spiro atoms. The molecule has 0 aromatic carbocycles. The van der Waals surface area contributed by atoms with Crippen LogP contribution in [0, 0.1) is 0 Å².